The highest BCUT2D eigenvalue weighted by Crippen LogP contribution is 2.56. The van der Waals surface area contributed by atoms with Gasteiger partial charge in [-0.3, -0.25) is 4.79 Å². The van der Waals surface area contributed by atoms with E-state index < -0.39 is 29.8 Å². The third-order valence-electron chi connectivity index (χ3n) is 7.32. The summed E-state index contributed by atoms with van der Waals surface area (Å²) in [6.45, 7) is 0.161. The van der Waals surface area contributed by atoms with Gasteiger partial charge < -0.3 is 33.2 Å². The van der Waals surface area contributed by atoms with Crippen molar-refractivity contribution in [1.29, 1.82) is 0 Å². The summed E-state index contributed by atoms with van der Waals surface area (Å²) in [6, 6.07) is 6.70. The van der Waals surface area contributed by atoms with Crippen molar-refractivity contribution in [2.24, 2.45) is 11.8 Å². The standard InChI is InChI=1S/C25H24N4O9/c1-32-17-5-11(6-18(33-2)22(17)34-3)19-12-7-15-16(38-10-37-15)8-13(12)21(14-9-36-24(30)20(14)19)29-23(25(31)35-4)26-27-28-29/h5-8,14,19-21H,9-10H2,1-4H3/t14-,19+,20-,21+/m0/s1. The van der Waals surface area contributed by atoms with Crippen molar-refractivity contribution in [2.45, 2.75) is 12.0 Å². The highest BCUT2D eigenvalue weighted by molar-refractivity contribution is 5.85. The van der Waals surface area contributed by atoms with Crippen LogP contribution in [0.5, 0.6) is 28.7 Å². The lowest BCUT2D eigenvalue weighted by atomic mass is 9.65. The zero-order valence-electron chi connectivity index (χ0n) is 21.0. The van der Waals surface area contributed by atoms with Crippen LogP contribution in [0.25, 0.3) is 0 Å². The summed E-state index contributed by atoms with van der Waals surface area (Å²) in [5, 5.41) is 11.7. The fourth-order valence-electron chi connectivity index (χ4n) is 5.73. The molecule has 0 spiro atoms. The largest absolute Gasteiger partial charge is 0.493 e. The highest BCUT2D eigenvalue weighted by atomic mass is 16.7. The predicted molar refractivity (Wildman–Crippen MR) is 126 cm³/mol. The first-order valence-corrected chi connectivity index (χ1v) is 11.8. The minimum atomic E-state index is -0.703. The lowest BCUT2D eigenvalue weighted by Gasteiger charge is -2.39. The second-order valence-electron chi connectivity index (χ2n) is 8.97. The summed E-state index contributed by atoms with van der Waals surface area (Å²) < 4.78 is 40.0. The Morgan fingerprint density at radius 3 is 2.26 bits per heavy atom. The maximum absolute atomic E-state index is 13.3. The van der Waals surface area contributed by atoms with Crippen molar-refractivity contribution in [3.05, 3.63) is 46.8 Å². The minimum absolute atomic E-state index is 0.0604. The Morgan fingerprint density at radius 2 is 1.63 bits per heavy atom. The average molecular weight is 524 g/mol. The molecule has 1 saturated heterocycles. The number of cyclic esters (lactones) is 1. The SMILES string of the molecule is COC(=O)c1nnnn1[C@@H]1c2cc3c(cc2[C@@H](c2cc(OC)c(OC)c(OC)c2)[C@H]2C(=O)OC[C@@H]21)OCO3. The van der Waals surface area contributed by atoms with E-state index in [1.165, 1.54) is 33.1 Å². The predicted octanol–water partition coefficient (Wildman–Crippen LogP) is 1.74. The van der Waals surface area contributed by atoms with Crippen LogP contribution in [0, 0.1) is 11.8 Å². The molecule has 3 heterocycles. The molecule has 0 unspecified atom stereocenters. The monoisotopic (exact) mass is 524 g/mol. The number of nitrogens with zero attached hydrogens (tertiary/aromatic N) is 4. The molecule has 1 fully saturated rings. The Balaban J connectivity index is 1.61. The molecule has 38 heavy (non-hydrogen) atoms. The Hall–Kier alpha value is -4.55. The van der Waals surface area contributed by atoms with E-state index >= 15 is 0 Å². The molecule has 4 atom stereocenters. The zero-order valence-corrected chi connectivity index (χ0v) is 21.0. The second-order valence-corrected chi connectivity index (χ2v) is 8.97. The van der Waals surface area contributed by atoms with Gasteiger partial charge in [0.2, 0.25) is 12.5 Å². The van der Waals surface area contributed by atoms with Crippen LogP contribution in [0.1, 0.15) is 39.3 Å². The van der Waals surface area contributed by atoms with Crippen LogP contribution < -0.4 is 23.7 Å². The number of benzene rings is 2. The van der Waals surface area contributed by atoms with Gasteiger partial charge in [-0.25, -0.2) is 9.48 Å². The van der Waals surface area contributed by atoms with Gasteiger partial charge in [0.25, 0.3) is 5.82 Å². The first kappa shape index (κ1) is 23.8. The number of rotatable bonds is 6. The van der Waals surface area contributed by atoms with Gasteiger partial charge in [-0.1, -0.05) is 0 Å². The molecule has 3 aromatic rings. The van der Waals surface area contributed by atoms with E-state index in [9.17, 15) is 9.59 Å². The summed E-state index contributed by atoms with van der Waals surface area (Å²) in [6.07, 6.45) is 0. The summed E-state index contributed by atoms with van der Waals surface area (Å²) >= 11 is 0. The lowest BCUT2D eigenvalue weighted by molar-refractivity contribution is -0.141. The molecule has 0 saturated carbocycles. The molecule has 0 radical (unpaired) electrons. The van der Waals surface area contributed by atoms with E-state index in [1.807, 2.05) is 24.3 Å². The molecular weight excluding hydrogens is 500 g/mol. The number of ether oxygens (including phenoxy) is 7. The van der Waals surface area contributed by atoms with E-state index in [-0.39, 0.29) is 25.2 Å². The van der Waals surface area contributed by atoms with Crippen LogP contribution >= 0.6 is 0 Å². The van der Waals surface area contributed by atoms with Crippen LogP contribution in [0.4, 0.5) is 0 Å². The molecule has 0 N–H and O–H groups in total. The van der Waals surface area contributed by atoms with Crippen LogP contribution in [0.3, 0.4) is 0 Å². The van der Waals surface area contributed by atoms with Gasteiger partial charge >= 0.3 is 11.9 Å². The Labute approximate surface area is 216 Å². The van der Waals surface area contributed by atoms with E-state index in [4.69, 9.17) is 33.2 Å². The van der Waals surface area contributed by atoms with Crippen molar-refractivity contribution in [3.63, 3.8) is 0 Å². The van der Waals surface area contributed by atoms with Crippen molar-refractivity contribution >= 4 is 11.9 Å². The van der Waals surface area contributed by atoms with E-state index in [0.29, 0.717) is 28.7 Å². The smallest absolute Gasteiger partial charge is 0.377 e. The number of aromatic nitrogens is 4. The molecule has 0 bridgehead atoms. The van der Waals surface area contributed by atoms with Crippen LogP contribution in [-0.4, -0.2) is 74.0 Å². The number of esters is 2. The molecule has 0 amide bonds. The van der Waals surface area contributed by atoms with Crippen molar-refractivity contribution in [2.75, 3.05) is 41.8 Å². The van der Waals surface area contributed by atoms with Gasteiger partial charge in [0, 0.05) is 11.8 Å². The molecule has 3 aliphatic rings. The molecule has 13 heteroatoms. The zero-order chi connectivity index (χ0) is 26.6. The number of methoxy groups -OCH3 is 4. The maximum atomic E-state index is 13.3. The highest BCUT2D eigenvalue weighted by Gasteiger charge is 2.54. The van der Waals surface area contributed by atoms with Gasteiger partial charge in [0.15, 0.2) is 23.0 Å². The first-order chi connectivity index (χ1) is 18.5. The molecule has 1 aromatic heterocycles. The van der Waals surface area contributed by atoms with Gasteiger partial charge in [-0.15, -0.1) is 5.10 Å². The van der Waals surface area contributed by atoms with Crippen molar-refractivity contribution < 1.29 is 42.7 Å². The fraction of sp³-hybridized carbons (Fsp3) is 0.400. The van der Waals surface area contributed by atoms with Crippen LogP contribution in [0.15, 0.2) is 24.3 Å². The van der Waals surface area contributed by atoms with Crippen LogP contribution in [-0.2, 0) is 14.3 Å². The average Bonchev–Trinajstić information content (AvgIpc) is 3.69. The van der Waals surface area contributed by atoms with Crippen molar-refractivity contribution in [1.82, 2.24) is 20.2 Å². The number of tetrazole rings is 1. The Bertz CT molecular complexity index is 1410. The second kappa shape index (κ2) is 9.08. The third kappa shape index (κ3) is 3.41. The van der Waals surface area contributed by atoms with Gasteiger partial charge in [0.05, 0.1) is 47.0 Å². The van der Waals surface area contributed by atoms with E-state index in [1.54, 1.807) is 0 Å². The number of carbonyl (C=O) groups excluding carboxylic acids is 2. The van der Waals surface area contributed by atoms with Crippen molar-refractivity contribution in [3.8, 4) is 28.7 Å². The normalized spacial score (nSPS) is 22.8. The molecule has 13 nitrogen and oxygen atoms in total. The Kier molecular flexibility index (Phi) is 5.69. The molecule has 2 aliphatic heterocycles. The quantitative estimate of drug-likeness (QED) is 0.433. The molecule has 6 rings (SSSR count). The van der Waals surface area contributed by atoms with Crippen LogP contribution in [0.2, 0.25) is 0 Å². The Morgan fingerprint density at radius 1 is 0.947 bits per heavy atom. The number of hydrogen-bond acceptors (Lipinski definition) is 12. The summed E-state index contributed by atoms with van der Waals surface area (Å²) in [5.41, 5.74) is 2.27. The number of hydrogen-bond donors (Lipinski definition) is 0. The fourth-order valence-corrected chi connectivity index (χ4v) is 5.73. The van der Waals surface area contributed by atoms with E-state index in [0.717, 1.165) is 16.7 Å². The molecule has 198 valence electrons. The van der Waals surface area contributed by atoms with Gasteiger partial charge in [0.1, 0.15) is 0 Å². The number of fused-ring (bicyclic) bond motifs is 3. The lowest BCUT2D eigenvalue weighted by Crippen LogP contribution is -2.39. The van der Waals surface area contributed by atoms with E-state index in [2.05, 4.69) is 15.5 Å². The maximum Gasteiger partial charge on any atom is 0.377 e. The van der Waals surface area contributed by atoms with Gasteiger partial charge in [-0.2, -0.15) is 0 Å². The number of carbonyl (C=O) groups is 2. The summed E-state index contributed by atoms with van der Waals surface area (Å²) in [7, 11) is 5.83. The molecule has 2 aromatic carbocycles. The van der Waals surface area contributed by atoms with Gasteiger partial charge in [-0.05, 0) is 51.4 Å². The summed E-state index contributed by atoms with van der Waals surface area (Å²) in [4.78, 5) is 25.9. The summed E-state index contributed by atoms with van der Waals surface area (Å²) in [5.74, 6) is -0.334. The third-order valence-corrected chi connectivity index (χ3v) is 7.32. The molecule has 1 aliphatic carbocycles. The first-order valence-electron chi connectivity index (χ1n) is 11.8. The minimum Gasteiger partial charge on any atom is -0.493 e. The molecular formula is C25H24N4O9. The topological polar surface area (TPSA) is 142 Å².